The number of hydrogen-bond donors (Lipinski definition) is 1. The van der Waals surface area contributed by atoms with Crippen molar-refractivity contribution >= 4 is 16.6 Å². The minimum absolute atomic E-state index is 0.0222. The Morgan fingerprint density at radius 3 is 2.65 bits per heavy atom. The monoisotopic (exact) mass is 286 g/mol. The van der Waals surface area contributed by atoms with Crippen molar-refractivity contribution < 1.29 is 17.9 Å². The molecule has 0 atom stereocenters. The van der Waals surface area contributed by atoms with Crippen molar-refractivity contribution in [2.45, 2.75) is 12.7 Å². The average Bonchev–Trinajstić information content (AvgIpc) is 2.36. The van der Waals surface area contributed by atoms with Crippen LogP contribution >= 0.6 is 0 Å². The summed E-state index contributed by atoms with van der Waals surface area (Å²) in [6, 6.07) is 8.49. The maximum atomic E-state index is 12.1. The lowest BCUT2D eigenvalue weighted by Gasteiger charge is -2.12. The summed E-state index contributed by atoms with van der Waals surface area (Å²) in [5.74, 6) is 0.198. The molecule has 1 aromatic carbocycles. The Bertz CT molecular complexity index is 665. The van der Waals surface area contributed by atoms with E-state index in [1.54, 1.807) is 30.3 Å². The SMILES string of the molecule is Nc1cc2ccccc2c(=O)n1CCOCC(F)(F)F. The topological polar surface area (TPSA) is 57.2 Å². The van der Waals surface area contributed by atoms with Gasteiger partial charge in [-0.3, -0.25) is 9.36 Å². The zero-order valence-corrected chi connectivity index (χ0v) is 10.5. The highest BCUT2D eigenvalue weighted by Gasteiger charge is 2.27. The Morgan fingerprint density at radius 2 is 1.95 bits per heavy atom. The van der Waals surface area contributed by atoms with Gasteiger partial charge in [0.1, 0.15) is 12.4 Å². The van der Waals surface area contributed by atoms with Crippen LogP contribution in [0, 0.1) is 0 Å². The molecule has 0 unspecified atom stereocenters. The maximum Gasteiger partial charge on any atom is 0.411 e. The van der Waals surface area contributed by atoms with Crippen LogP contribution in [0.25, 0.3) is 10.8 Å². The number of nitrogen functional groups attached to an aromatic ring is 1. The van der Waals surface area contributed by atoms with Crippen LogP contribution in [0.1, 0.15) is 0 Å². The molecular formula is C13H13F3N2O2. The predicted octanol–water partition coefficient (Wildman–Crippen LogP) is 2.16. The second-order valence-corrected chi connectivity index (χ2v) is 4.28. The fourth-order valence-electron chi connectivity index (χ4n) is 1.89. The highest BCUT2D eigenvalue weighted by molar-refractivity contribution is 5.83. The fourth-order valence-corrected chi connectivity index (χ4v) is 1.89. The van der Waals surface area contributed by atoms with Crippen LogP contribution in [0.15, 0.2) is 35.1 Å². The van der Waals surface area contributed by atoms with Crippen LogP contribution in [-0.2, 0) is 11.3 Å². The van der Waals surface area contributed by atoms with Crippen molar-refractivity contribution in [3.05, 3.63) is 40.7 Å². The number of nitrogens with two attached hydrogens (primary N) is 1. The van der Waals surface area contributed by atoms with Crippen LogP contribution in [-0.4, -0.2) is 24.0 Å². The smallest absolute Gasteiger partial charge is 0.385 e. The van der Waals surface area contributed by atoms with Gasteiger partial charge >= 0.3 is 6.18 Å². The van der Waals surface area contributed by atoms with Gasteiger partial charge in [-0.2, -0.15) is 13.2 Å². The predicted molar refractivity (Wildman–Crippen MR) is 69.5 cm³/mol. The van der Waals surface area contributed by atoms with E-state index in [9.17, 15) is 18.0 Å². The molecule has 0 spiro atoms. The Balaban J connectivity index is 2.16. The summed E-state index contributed by atoms with van der Waals surface area (Å²) in [5.41, 5.74) is 5.40. The molecular weight excluding hydrogens is 273 g/mol. The van der Waals surface area contributed by atoms with Crippen molar-refractivity contribution in [1.29, 1.82) is 0 Å². The van der Waals surface area contributed by atoms with Crippen LogP contribution in [0.4, 0.5) is 19.0 Å². The number of hydrogen-bond acceptors (Lipinski definition) is 3. The van der Waals surface area contributed by atoms with Crippen LogP contribution in [0.3, 0.4) is 0 Å². The summed E-state index contributed by atoms with van der Waals surface area (Å²) in [7, 11) is 0. The summed E-state index contributed by atoms with van der Waals surface area (Å²) in [5, 5.41) is 1.17. The third-order valence-electron chi connectivity index (χ3n) is 2.78. The second-order valence-electron chi connectivity index (χ2n) is 4.28. The third-order valence-corrected chi connectivity index (χ3v) is 2.78. The van der Waals surface area contributed by atoms with Crippen LogP contribution < -0.4 is 11.3 Å². The summed E-state index contributed by atoms with van der Waals surface area (Å²) in [6.07, 6.45) is -4.38. The summed E-state index contributed by atoms with van der Waals surface area (Å²) < 4.78 is 41.5. The molecule has 1 heterocycles. The molecule has 0 aliphatic carbocycles. The van der Waals surface area contributed by atoms with Gasteiger partial charge in [-0.15, -0.1) is 0 Å². The largest absolute Gasteiger partial charge is 0.411 e. The number of anilines is 1. The van der Waals surface area contributed by atoms with E-state index in [0.29, 0.717) is 10.8 Å². The molecule has 20 heavy (non-hydrogen) atoms. The first-order chi connectivity index (χ1) is 9.38. The molecule has 0 bridgehead atoms. The standard InChI is InChI=1S/C13H13F3N2O2/c14-13(15,16)8-20-6-5-18-11(17)7-9-3-1-2-4-10(9)12(18)19/h1-4,7H,5-6,8,17H2. The lowest BCUT2D eigenvalue weighted by molar-refractivity contribution is -0.174. The maximum absolute atomic E-state index is 12.1. The summed E-state index contributed by atoms with van der Waals surface area (Å²) in [4.78, 5) is 12.1. The molecule has 0 amide bonds. The first-order valence-electron chi connectivity index (χ1n) is 5.91. The molecule has 1 aromatic heterocycles. The number of halogens is 3. The van der Waals surface area contributed by atoms with E-state index in [1.807, 2.05) is 0 Å². The highest BCUT2D eigenvalue weighted by Crippen LogP contribution is 2.15. The Hall–Kier alpha value is -2.02. The summed E-state index contributed by atoms with van der Waals surface area (Å²) >= 11 is 0. The molecule has 2 rings (SSSR count). The molecule has 0 radical (unpaired) electrons. The minimum Gasteiger partial charge on any atom is -0.385 e. The fraction of sp³-hybridized carbons (Fsp3) is 0.308. The van der Waals surface area contributed by atoms with Gasteiger partial charge in [-0.25, -0.2) is 0 Å². The number of nitrogens with zero attached hydrogens (tertiary/aromatic N) is 1. The van der Waals surface area contributed by atoms with Crippen molar-refractivity contribution in [3.63, 3.8) is 0 Å². The van der Waals surface area contributed by atoms with Crippen molar-refractivity contribution in [3.8, 4) is 0 Å². The van der Waals surface area contributed by atoms with Gasteiger partial charge in [0, 0.05) is 5.39 Å². The molecule has 2 N–H and O–H groups in total. The Kier molecular flexibility index (Phi) is 3.99. The first kappa shape index (κ1) is 14.4. The van der Waals surface area contributed by atoms with E-state index >= 15 is 0 Å². The van der Waals surface area contributed by atoms with Crippen molar-refractivity contribution in [2.24, 2.45) is 0 Å². The molecule has 108 valence electrons. The van der Waals surface area contributed by atoms with E-state index < -0.39 is 12.8 Å². The number of fused-ring (bicyclic) bond motifs is 1. The van der Waals surface area contributed by atoms with Crippen molar-refractivity contribution in [2.75, 3.05) is 18.9 Å². The van der Waals surface area contributed by atoms with Gasteiger partial charge < -0.3 is 10.5 Å². The zero-order chi connectivity index (χ0) is 14.8. The molecule has 0 aliphatic heterocycles. The van der Waals surface area contributed by atoms with Gasteiger partial charge in [0.15, 0.2) is 0 Å². The molecule has 0 aliphatic rings. The Morgan fingerprint density at radius 1 is 1.25 bits per heavy atom. The third kappa shape index (κ3) is 3.30. The number of aromatic nitrogens is 1. The zero-order valence-electron chi connectivity index (χ0n) is 10.5. The van der Waals surface area contributed by atoms with Gasteiger partial charge in [0.2, 0.25) is 0 Å². The van der Waals surface area contributed by atoms with Crippen LogP contribution in [0.5, 0.6) is 0 Å². The van der Waals surface area contributed by atoms with Crippen molar-refractivity contribution in [1.82, 2.24) is 4.57 Å². The molecule has 4 nitrogen and oxygen atoms in total. The first-order valence-corrected chi connectivity index (χ1v) is 5.91. The molecule has 2 aromatic rings. The molecule has 0 saturated carbocycles. The van der Waals surface area contributed by atoms with Gasteiger partial charge in [0.25, 0.3) is 5.56 Å². The lowest BCUT2D eigenvalue weighted by Crippen LogP contribution is -2.26. The van der Waals surface area contributed by atoms with E-state index in [2.05, 4.69) is 4.74 Å². The quantitative estimate of drug-likeness (QED) is 0.876. The van der Waals surface area contributed by atoms with Gasteiger partial charge in [0.05, 0.1) is 13.2 Å². The Labute approximate surface area is 112 Å². The average molecular weight is 286 g/mol. The van der Waals surface area contributed by atoms with E-state index in [0.717, 1.165) is 0 Å². The normalized spacial score (nSPS) is 11.9. The molecule has 7 heteroatoms. The van der Waals surface area contributed by atoms with E-state index in [4.69, 9.17) is 5.73 Å². The number of pyridine rings is 1. The van der Waals surface area contributed by atoms with Crippen LogP contribution in [0.2, 0.25) is 0 Å². The molecule has 0 fully saturated rings. The van der Waals surface area contributed by atoms with Gasteiger partial charge in [-0.05, 0) is 17.5 Å². The van der Waals surface area contributed by atoms with E-state index in [-0.39, 0.29) is 24.5 Å². The lowest BCUT2D eigenvalue weighted by atomic mass is 10.1. The number of benzene rings is 1. The van der Waals surface area contributed by atoms with Gasteiger partial charge in [-0.1, -0.05) is 18.2 Å². The number of rotatable bonds is 4. The highest BCUT2D eigenvalue weighted by atomic mass is 19.4. The second kappa shape index (κ2) is 5.54. The molecule has 0 saturated heterocycles. The number of alkyl halides is 3. The summed E-state index contributed by atoms with van der Waals surface area (Å²) in [6.45, 7) is -1.59. The minimum atomic E-state index is -4.38. The van der Waals surface area contributed by atoms with E-state index in [1.165, 1.54) is 4.57 Å². The number of ether oxygens (including phenoxy) is 1.